The summed E-state index contributed by atoms with van der Waals surface area (Å²) < 4.78 is 31.6. The van der Waals surface area contributed by atoms with Gasteiger partial charge in [0.05, 0.1) is 0 Å². The second-order valence-electron chi connectivity index (χ2n) is 5.42. The van der Waals surface area contributed by atoms with Gasteiger partial charge in [0.15, 0.2) is 10.7 Å². The zero-order valence-corrected chi connectivity index (χ0v) is 13.2. The molecular formula is C15H16N2O4S. The zero-order chi connectivity index (χ0) is 15.9. The van der Waals surface area contributed by atoms with E-state index < -0.39 is 15.9 Å². The van der Waals surface area contributed by atoms with Crippen LogP contribution in [-0.4, -0.2) is 19.5 Å². The van der Waals surface area contributed by atoms with Crippen molar-refractivity contribution in [2.45, 2.75) is 38.0 Å². The number of fused-ring (bicyclic) bond motifs is 1. The highest BCUT2D eigenvalue weighted by Gasteiger charge is 2.27. The summed E-state index contributed by atoms with van der Waals surface area (Å²) in [4.78, 5) is 12.2. The molecular weight excluding hydrogens is 304 g/mol. The van der Waals surface area contributed by atoms with Crippen molar-refractivity contribution in [3.63, 3.8) is 0 Å². The standard InChI is InChI=1S/C15H16N2O4S/c1-9-14(10(2)21-16-9)22(19,20)17-15(18)13-7-6-11-4-3-5-12(11)8-13/h6-8H,3-5H2,1-2H3,(H,17,18). The van der Waals surface area contributed by atoms with Crippen molar-refractivity contribution in [2.24, 2.45) is 0 Å². The molecule has 0 atom stereocenters. The lowest BCUT2D eigenvalue weighted by Crippen LogP contribution is -2.31. The molecule has 0 fully saturated rings. The Hall–Kier alpha value is -2.15. The summed E-state index contributed by atoms with van der Waals surface area (Å²) in [5.41, 5.74) is 2.91. The van der Waals surface area contributed by atoms with Crippen LogP contribution in [0.5, 0.6) is 0 Å². The minimum atomic E-state index is -4.00. The molecule has 22 heavy (non-hydrogen) atoms. The van der Waals surface area contributed by atoms with Gasteiger partial charge in [-0.3, -0.25) is 4.79 Å². The molecule has 1 aliphatic carbocycles. The fraction of sp³-hybridized carbons (Fsp3) is 0.333. The fourth-order valence-corrected chi connectivity index (χ4v) is 4.11. The number of nitrogens with one attached hydrogen (secondary N) is 1. The summed E-state index contributed by atoms with van der Waals surface area (Å²) in [6.07, 6.45) is 3.00. The van der Waals surface area contributed by atoms with Crippen LogP contribution in [-0.2, 0) is 22.9 Å². The maximum absolute atomic E-state index is 12.3. The van der Waals surface area contributed by atoms with Crippen molar-refractivity contribution in [1.82, 2.24) is 9.88 Å². The van der Waals surface area contributed by atoms with Crippen LogP contribution in [0.2, 0.25) is 0 Å². The second kappa shape index (κ2) is 5.24. The van der Waals surface area contributed by atoms with Crippen LogP contribution in [0.3, 0.4) is 0 Å². The van der Waals surface area contributed by atoms with E-state index in [1.54, 1.807) is 12.1 Å². The van der Waals surface area contributed by atoms with E-state index in [0.29, 0.717) is 5.56 Å². The van der Waals surface area contributed by atoms with Crippen molar-refractivity contribution >= 4 is 15.9 Å². The summed E-state index contributed by atoms with van der Waals surface area (Å²) in [5.74, 6) is -0.485. The normalized spacial score (nSPS) is 13.9. The lowest BCUT2D eigenvalue weighted by atomic mass is 10.1. The number of aromatic nitrogens is 1. The molecule has 0 saturated carbocycles. The lowest BCUT2D eigenvalue weighted by molar-refractivity contribution is 0.0981. The summed E-state index contributed by atoms with van der Waals surface area (Å²) >= 11 is 0. The molecule has 116 valence electrons. The van der Waals surface area contributed by atoms with Crippen LogP contribution < -0.4 is 4.72 Å². The summed E-state index contributed by atoms with van der Waals surface area (Å²) in [6, 6.07) is 5.31. The molecule has 7 heteroatoms. The Morgan fingerprint density at radius 3 is 2.64 bits per heavy atom. The zero-order valence-electron chi connectivity index (χ0n) is 12.3. The Balaban J connectivity index is 1.88. The molecule has 1 aliphatic rings. The van der Waals surface area contributed by atoms with Crippen LogP contribution in [0, 0.1) is 13.8 Å². The number of amides is 1. The highest BCUT2D eigenvalue weighted by Crippen LogP contribution is 2.23. The maximum Gasteiger partial charge on any atom is 0.269 e. The molecule has 1 aromatic carbocycles. The SMILES string of the molecule is Cc1noc(C)c1S(=O)(=O)NC(=O)c1ccc2c(c1)CCC2. The van der Waals surface area contributed by atoms with E-state index in [1.165, 1.54) is 19.4 Å². The lowest BCUT2D eigenvalue weighted by Gasteiger charge is -2.08. The molecule has 0 radical (unpaired) electrons. The third-order valence-corrected chi connectivity index (χ3v) is 5.40. The van der Waals surface area contributed by atoms with Gasteiger partial charge in [0, 0.05) is 5.56 Å². The minimum absolute atomic E-state index is 0.0815. The average Bonchev–Trinajstić information content (AvgIpc) is 3.04. The maximum atomic E-state index is 12.3. The Kier molecular flexibility index (Phi) is 3.52. The summed E-state index contributed by atoms with van der Waals surface area (Å²) in [5, 5.41) is 3.60. The number of sulfonamides is 1. The molecule has 0 bridgehead atoms. The van der Waals surface area contributed by atoms with Crippen LogP contribution in [0.25, 0.3) is 0 Å². The number of hydrogen-bond donors (Lipinski definition) is 1. The van der Waals surface area contributed by atoms with Gasteiger partial charge in [-0.25, -0.2) is 13.1 Å². The fourth-order valence-electron chi connectivity index (χ4n) is 2.80. The van der Waals surface area contributed by atoms with E-state index >= 15 is 0 Å². The van der Waals surface area contributed by atoms with Gasteiger partial charge >= 0.3 is 0 Å². The van der Waals surface area contributed by atoms with Crippen LogP contribution in [0.4, 0.5) is 0 Å². The number of nitrogens with zero attached hydrogens (tertiary/aromatic N) is 1. The molecule has 3 rings (SSSR count). The number of carbonyl (C=O) groups is 1. The molecule has 1 N–H and O–H groups in total. The molecule has 6 nitrogen and oxygen atoms in total. The van der Waals surface area contributed by atoms with E-state index in [0.717, 1.165) is 24.8 Å². The number of rotatable bonds is 3. The van der Waals surface area contributed by atoms with Gasteiger partial charge in [-0.2, -0.15) is 0 Å². The summed E-state index contributed by atoms with van der Waals surface area (Å²) in [6.45, 7) is 3.01. The van der Waals surface area contributed by atoms with Crippen LogP contribution >= 0.6 is 0 Å². The van der Waals surface area contributed by atoms with Crippen LogP contribution in [0.15, 0.2) is 27.6 Å². The van der Waals surface area contributed by atoms with Gasteiger partial charge in [0.25, 0.3) is 15.9 Å². The quantitative estimate of drug-likeness (QED) is 0.933. The third kappa shape index (κ3) is 2.52. The predicted octanol–water partition coefficient (Wildman–Crippen LogP) is 1.90. The first-order valence-corrected chi connectivity index (χ1v) is 8.48. The predicted molar refractivity (Wildman–Crippen MR) is 79.1 cm³/mol. The van der Waals surface area contributed by atoms with E-state index in [-0.39, 0.29) is 16.3 Å². The topological polar surface area (TPSA) is 89.3 Å². The number of hydrogen-bond acceptors (Lipinski definition) is 5. The van der Waals surface area contributed by atoms with Gasteiger partial charge < -0.3 is 4.52 Å². The molecule has 0 unspecified atom stereocenters. The van der Waals surface area contributed by atoms with Gasteiger partial charge in [-0.15, -0.1) is 0 Å². The van der Waals surface area contributed by atoms with Crippen molar-refractivity contribution in [1.29, 1.82) is 0 Å². The van der Waals surface area contributed by atoms with E-state index in [2.05, 4.69) is 9.88 Å². The number of benzene rings is 1. The van der Waals surface area contributed by atoms with E-state index in [9.17, 15) is 13.2 Å². The van der Waals surface area contributed by atoms with Crippen molar-refractivity contribution in [2.75, 3.05) is 0 Å². The smallest absolute Gasteiger partial charge is 0.269 e. The van der Waals surface area contributed by atoms with Gasteiger partial charge in [0.1, 0.15) is 5.69 Å². The van der Waals surface area contributed by atoms with Crippen LogP contribution in [0.1, 0.15) is 39.4 Å². The van der Waals surface area contributed by atoms with Gasteiger partial charge in [-0.1, -0.05) is 11.2 Å². The second-order valence-corrected chi connectivity index (χ2v) is 7.04. The monoisotopic (exact) mass is 320 g/mol. The largest absolute Gasteiger partial charge is 0.360 e. The molecule has 1 heterocycles. The third-order valence-electron chi connectivity index (χ3n) is 3.82. The molecule has 0 saturated heterocycles. The highest BCUT2D eigenvalue weighted by atomic mass is 32.2. The Bertz CT molecular complexity index is 833. The minimum Gasteiger partial charge on any atom is -0.360 e. The molecule has 1 amide bonds. The Morgan fingerprint density at radius 1 is 1.23 bits per heavy atom. The summed E-state index contributed by atoms with van der Waals surface area (Å²) in [7, 11) is -4.00. The Morgan fingerprint density at radius 2 is 1.95 bits per heavy atom. The highest BCUT2D eigenvalue weighted by molar-refractivity contribution is 7.90. The van der Waals surface area contributed by atoms with Gasteiger partial charge in [0.2, 0.25) is 0 Å². The average molecular weight is 320 g/mol. The van der Waals surface area contributed by atoms with Crippen molar-refractivity contribution in [3.05, 3.63) is 46.3 Å². The van der Waals surface area contributed by atoms with Crippen molar-refractivity contribution in [3.8, 4) is 0 Å². The number of aryl methyl sites for hydroxylation is 4. The first-order valence-electron chi connectivity index (χ1n) is 7.00. The van der Waals surface area contributed by atoms with E-state index in [4.69, 9.17) is 4.52 Å². The first kappa shape index (κ1) is 14.8. The molecule has 0 spiro atoms. The first-order chi connectivity index (χ1) is 10.4. The molecule has 0 aliphatic heterocycles. The Labute approximate surface area is 128 Å². The molecule has 1 aromatic heterocycles. The van der Waals surface area contributed by atoms with Gasteiger partial charge in [-0.05, 0) is 56.4 Å². The molecule has 2 aromatic rings. The van der Waals surface area contributed by atoms with E-state index in [1.807, 2.05) is 6.07 Å². The van der Waals surface area contributed by atoms with Crippen molar-refractivity contribution < 1.29 is 17.7 Å². The number of carbonyl (C=O) groups excluding carboxylic acids is 1.